The van der Waals surface area contributed by atoms with E-state index in [1.807, 2.05) is 18.2 Å². The van der Waals surface area contributed by atoms with E-state index in [2.05, 4.69) is 19.2 Å². The molecule has 118 valence electrons. The number of benzene rings is 1. The van der Waals surface area contributed by atoms with Crippen molar-refractivity contribution < 1.29 is 9.53 Å². The number of hydrogen-bond acceptors (Lipinski definition) is 3. The van der Waals surface area contributed by atoms with Crippen LogP contribution in [0.4, 0.5) is 5.69 Å². The van der Waals surface area contributed by atoms with Crippen LogP contribution >= 0.6 is 0 Å². The molecule has 22 heavy (non-hydrogen) atoms. The van der Waals surface area contributed by atoms with Gasteiger partial charge < -0.3 is 15.8 Å². The summed E-state index contributed by atoms with van der Waals surface area (Å²) < 4.78 is 6.03. The van der Waals surface area contributed by atoms with Gasteiger partial charge in [0.2, 0.25) is 5.91 Å². The summed E-state index contributed by atoms with van der Waals surface area (Å²) in [6.45, 7) is 4.13. The standard InChI is InChI=1S/C18H24N2O2/c1-18(2)9-14(13-8-10(19)6-7-15(13)22-18)20-17(21)16-11-4-3-5-12(11)16/h6-8,11-12,14,16H,3-5,9,19H2,1-2H3,(H,20,21). The summed E-state index contributed by atoms with van der Waals surface area (Å²) in [4.78, 5) is 12.6. The van der Waals surface area contributed by atoms with Gasteiger partial charge in [0.25, 0.3) is 0 Å². The summed E-state index contributed by atoms with van der Waals surface area (Å²) in [6, 6.07) is 5.70. The first-order valence-corrected chi connectivity index (χ1v) is 8.33. The molecule has 1 aliphatic heterocycles. The largest absolute Gasteiger partial charge is 0.487 e. The van der Waals surface area contributed by atoms with Crippen molar-refractivity contribution in [2.24, 2.45) is 17.8 Å². The molecule has 0 radical (unpaired) electrons. The number of rotatable bonds is 2. The molecule has 2 saturated carbocycles. The number of amides is 1. The van der Waals surface area contributed by atoms with E-state index in [1.165, 1.54) is 19.3 Å². The molecule has 0 aromatic heterocycles. The van der Waals surface area contributed by atoms with E-state index >= 15 is 0 Å². The zero-order chi connectivity index (χ0) is 15.5. The molecule has 3 N–H and O–H groups in total. The Kier molecular flexibility index (Phi) is 2.94. The SMILES string of the molecule is CC1(C)CC(NC(=O)C2C3CCCC32)c2cc(N)ccc2O1. The minimum absolute atomic E-state index is 0.00363. The van der Waals surface area contributed by atoms with E-state index in [0.29, 0.717) is 17.5 Å². The lowest BCUT2D eigenvalue weighted by molar-refractivity contribution is -0.124. The highest BCUT2D eigenvalue weighted by atomic mass is 16.5. The molecule has 0 spiro atoms. The predicted molar refractivity (Wildman–Crippen MR) is 85.4 cm³/mol. The molecule has 2 fully saturated rings. The van der Waals surface area contributed by atoms with Gasteiger partial charge in [0.1, 0.15) is 11.4 Å². The van der Waals surface area contributed by atoms with Gasteiger partial charge in [-0.2, -0.15) is 0 Å². The highest BCUT2D eigenvalue weighted by Crippen LogP contribution is 2.57. The molecular formula is C18H24N2O2. The van der Waals surface area contributed by atoms with Gasteiger partial charge >= 0.3 is 0 Å². The Morgan fingerprint density at radius 2 is 2.05 bits per heavy atom. The summed E-state index contributed by atoms with van der Waals surface area (Å²) in [7, 11) is 0. The fourth-order valence-electron chi connectivity index (χ4n) is 4.48. The first-order valence-electron chi connectivity index (χ1n) is 8.33. The van der Waals surface area contributed by atoms with Crippen molar-refractivity contribution in [3.63, 3.8) is 0 Å². The second kappa shape index (κ2) is 4.64. The Labute approximate surface area is 131 Å². The van der Waals surface area contributed by atoms with Crippen LogP contribution in [0.1, 0.15) is 51.1 Å². The van der Waals surface area contributed by atoms with Gasteiger partial charge in [-0.25, -0.2) is 0 Å². The quantitative estimate of drug-likeness (QED) is 0.825. The van der Waals surface area contributed by atoms with Gasteiger partial charge in [-0.3, -0.25) is 4.79 Å². The van der Waals surface area contributed by atoms with Crippen molar-refractivity contribution in [3.8, 4) is 5.75 Å². The number of nitrogens with one attached hydrogen (secondary N) is 1. The lowest BCUT2D eigenvalue weighted by atomic mass is 9.89. The Hall–Kier alpha value is -1.71. The average Bonchev–Trinajstić information content (AvgIpc) is 2.93. The second-order valence-corrected chi connectivity index (χ2v) is 7.71. The van der Waals surface area contributed by atoms with Crippen molar-refractivity contribution in [1.82, 2.24) is 5.32 Å². The number of carbonyl (C=O) groups is 1. The Morgan fingerprint density at radius 1 is 1.32 bits per heavy atom. The number of fused-ring (bicyclic) bond motifs is 2. The van der Waals surface area contributed by atoms with Crippen LogP contribution in [0, 0.1) is 17.8 Å². The zero-order valence-electron chi connectivity index (χ0n) is 13.3. The van der Waals surface area contributed by atoms with E-state index in [0.717, 1.165) is 17.7 Å². The smallest absolute Gasteiger partial charge is 0.224 e. The van der Waals surface area contributed by atoms with Crippen molar-refractivity contribution in [2.45, 2.75) is 51.2 Å². The van der Waals surface area contributed by atoms with Crippen LogP contribution in [-0.4, -0.2) is 11.5 Å². The Morgan fingerprint density at radius 3 is 2.77 bits per heavy atom. The minimum Gasteiger partial charge on any atom is -0.487 e. The van der Waals surface area contributed by atoms with Gasteiger partial charge in [-0.1, -0.05) is 6.42 Å². The topological polar surface area (TPSA) is 64.4 Å². The molecule has 2 aliphatic carbocycles. The van der Waals surface area contributed by atoms with E-state index < -0.39 is 0 Å². The third kappa shape index (κ3) is 2.25. The average molecular weight is 300 g/mol. The summed E-state index contributed by atoms with van der Waals surface area (Å²) in [5.74, 6) is 2.61. The van der Waals surface area contributed by atoms with E-state index in [4.69, 9.17) is 10.5 Å². The maximum Gasteiger partial charge on any atom is 0.224 e. The van der Waals surface area contributed by atoms with E-state index in [9.17, 15) is 4.79 Å². The lowest BCUT2D eigenvalue weighted by Gasteiger charge is -2.38. The third-order valence-electron chi connectivity index (χ3n) is 5.52. The molecule has 0 bridgehead atoms. The molecule has 3 atom stereocenters. The van der Waals surface area contributed by atoms with Crippen LogP contribution in [0.2, 0.25) is 0 Å². The van der Waals surface area contributed by atoms with Crippen LogP contribution in [0.3, 0.4) is 0 Å². The van der Waals surface area contributed by atoms with Crippen molar-refractivity contribution in [1.29, 1.82) is 0 Å². The molecule has 3 aliphatic rings. The Bertz CT molecular complexity index is 616. The molecule has 4 heteroatoms. The highest BCUT2D eigenvalue weighted by molar-refractivity contribution is 5.83. The van der Waals surface area contributed by atoms with Crippen LogP contribution in [0.25, 0.3) is 0 Å². The number of ether oxygens (including phenoxy) is 1. The van der Waals surface area contributed by atoms with Gasteiger partial charge in [0.15, 0.2) is 0 Å². The van der Waals surface area contributed by atoms with E-state index in [1.54, 1.807) is 0 Å². The summed E-state index contributed by atoms with van der Waals surface area (Å²) >= 11 is 0. The number of carbonyl (C=O) groups excluding carboxylic acids is 1. The number of nitrogen functional groups attached to an aromatic ring is 1. The maximum atomic E-state index is 12.6. The zero-order valence-corrected chi connectivity index (χ0v) is 13.3. The van der Waals surface area contributed by atoms with Gasteiger partial charge in [0, 0.05) is 23.6 Å². The lowest BCUT2D eigenvalue weighted by Crippen LogP contribution is -2.42. The molecule has 3 unspecified atom stereocenters. The van der Waals surface area contributed by atoms with Crippen LogP contribution in [0.5, 0.6) is 5.75 Å². The predicted octanol–water partition coefficient (Wildman–Crippen LogP) is 3.03. The molecule has 4 nitrogen and oxygen atoms in total. The summed E-state index contributed by atoms with van der Waals surface area (Å²) in [5, 5.41) is 3.27. The summed E-state index contributed by atoms with van der Waals surface area (Å²) in [5.41, 5.74) is 7.37. The maximum absolute atomic E-state index is 12.6. The first-order chi connectivity index (χ1) is 10.4. The van der Waals surface area contributed by atoms with E-state index in [-0.39, 0.29) is 23.5 Å². The van der Waals surface area contributed by atoms with Gasteiger partial charge in [0.05, 0.1) is 6.04 Å². The number of hydrogen-bond donors (Lipinski definition) is 2. The third-order valence-corrected chi connectivity index (χ3v) is 5.52. The van der Waals surface area contributed by atoms with Crippen molar-refractivity contribution in [2.75, 3.05) is 5.73 Å². The molecule has 1 amide bonds. The molecule has 0 saturated heterocycles. The second-order valence-electron chi connectivity index (χ2n) is 7.71. The van der Waals surface area contributed by atoms with Crippen LogP contribution in [-0.2, 0) is 4.79 Å². The normalized spacial score (nSPS) is 34.3. The van der Waals surface area contributed by atoms with Crippen LogP contribution < -0.4 is 15.8 Å². The van der Waals surface area contributed by atoms with Gasteiger partial charge in [-0.05, 0) is 56.7 Å². The molecule has 1 heterocycles. The fraction of sp³-hybridized carbons (Fsp3) is 0.611. The molecule has 4 rings (SSSR count). The molecule has 1 aromatic carbocycles. The van der Waals surface area contributed by atoms with Crippen molar-refractivity contribution in [3.05, 3.63) is 23.8 Å². The monoisotopic (exact) mass is 300 g/mol. The molecule has 1 aromatic rings. The Balaban J connectivity index is 1.56. The van der Waals surface area contributed by atoms with Crippen LogP contribution in [0.15, 0.2) is 18.2 Å². The fourth-order valence-corrected chi connectivity index (χ4v) is 4.48. The first kappa shape index (κ1) is 13.9. The highest BCUT2D eigenvalue weighted by Gasteiger charge is 2.56. The number of nitrogens with two attached hydrogens (primary N) is 1. The van der Waals surface area contributed by atoms with Gasteiger partial charge in [-0.15, -0.1) is 0 Å². The molecular weight excluding hydrogens is 276 g/mol. The van der Waals surface area contributed by atoms with Crippen molar-refractivity contribution >= 4 is 11.6 Å². The summed E-state index contributed by atoms with van der Waals surface area (Å²) in [6.07, 6.45) is 4.52. The minimum atomic E-state index is -0.277. The number of anilines is 1.